The first kappa shape index (κ1) is 41.3. The van der Waals surface area contributed by atoms with Crippen LogP contribution in [0, 0.1) is 6.92 Å². The average molecular weight is 773 g/mol. The van der Waals surface area contributed by atoms with Crippen molar-refractivity contribution in [2.75, 3.05) is 49.2 Å². The molecule has 0 bridgehead atoms. The molecular formula is C37H48Cl2FN9O4. The molecule has 4 heterocycles. The Kier molecular flexibility index (Phi) is 13.7. The number of anilines is 2. The summed E-state index contributed by atoms with van der Waals surface area (Å²) >= 11 is 12.8. The zero-order chi connectivity index (χ0) is 34.8. The molecule has 0 amide bonds. The van der Waals surface area contributed by atoms with Gasteiger partial charge in [-0.25, -0.2) is 23.7 Å². The van der Waals surface area contributed by atoms with E-state index in [9.17, 15) is 4.79 Å². The zero-order valence-corrected chi connectivity index (χ0v) is 30.9. The number of benzene rings is 3. The number of piperazine rings is 1. The minimum absolute atomic E-state index is 0. The summed E-state index contributed by atoms with van der Waals surface area (Å²) < 4.78 is 23.7. The molecule has 3 atom stereocenters. The molecule has 0 spiro atoms. The first-order valence-corrected chi connectivity index (χ1v) is 17.6. The van der Waals surface area contributed by atoms with Crippen molar-refractivity contribution in [3.05, 3.63) is 111 Å². The van der Waals surface area contributed by atoms with Crippen LogP contribution in [-0.2, 0) is 21.8 Å². The maximum atomic E-state index is 12.9. The number of rotatable bonds is 11. The third-order valence-electron chi connectivity index (χ3n) is 9.46. The van der Waals surface area contributed by atoms with Gasteiger partial charge in [0.2, 0.25) is 5.79 Å². The van der Waals surface area contributed by atoms with Gasteiger partial charge in [-0.05, 0) is 80.4 Å². The van der Waals surface area contributed by atoms with Gasteiger partial charge in [0, 0.05) is 48.1 Å². The van der Waals surface area contributed by atoms with Crippen molar-refractivity contribution in [3.63, 3.8) is 0 Å². The Labute approximate surface area is 318 Å². The second-order valence-electron chi connectivity index (χ2n) is 12.8. The van der Waals surface area contributed by atoms with Crippen LogP contribution in [0.25, 0.3) is 5.69 Å². The van der Waals surface area contributed by atoms with Crippen molar-refractivity contribution in [2.45, 2.75) is 59.1 Å². The number of hydrogen-bond donors (Lipinski definition) is 1. The van der Waals surface area contributed by atoms with Gasteiger partial charge >= 0.3 is 5.69 Å². The number of nitrogens with zero attached hydrogens (tertiary/aromatic N) is 8. The van der Waals surface area contributed by atoms with Crippen LogP contribution >= 0.6 is 23.2 Å². The topological polar surface area (TPSA) is 140 Å². The van der Waals surface area contributed by atoms with Crippen molar-refractivity contribution in [3.8, 4) is 11.4 Å². The highest BCUT2D eigenvalue weighted by Gasteiger charge is 2.45. The van der Waals surface area contributed by atoms with Gasteiger partial charge < -0.3 is 30.2 Å². The van der Waals surface area contributed by atoms with Gasteiger partial charge in [0.1, 0.15) is 44.0 Å². The fourth-order valence-electron chi connectivity index (χ4n) is 6.54. The first-order chi connectivity index (χ1) is 24.2. The van der Waals surface area contributed by atoms with E-state index in [0.717, 1.165) is 55.3 Å². The smallest absolute Gasteiger partial charge is 0.350 e. The summed E-state index contributed by atoms with van der Waals surface area (Å²) in [7, 11) is 0. The van der Waals surface area contributed by atoms with Crippen LogP contribution in [0.15, 0.2) is 84.4 Å². The van der Waals surface area contributed by atoms with Crippen LogP contribution in [0.2, 0.25) is 10.0 Å². The Morgan fingerprint density at radius 1 is 0.962 bits per heavy atom. The molecule has 2 saturated heterocycles. The molecule has 286 valence electrons. The average Bonchev–Trinajstić information content (AvgIpc) is 3.88. The van der Waals surface area contributed by atoms with Gasteiger partial charge in [0.25, 0.3) is 0 Å². The summed E-state index contributed by atoms with van der Waals surface area (Å²) in [5.41, 5.74) is 4.84. The second kappa shape index (κ2) is 17.6. The van der Waals surface area contributed by atoms with Gasteiger partial charge in [-0.1, -0.05) is 43.6 Å². The lowest BCUT2D eigenvalue weighted by atomic mass is 10.1. The molecule has 0 saturated carbocycles. The van der Waals surface area contributed by atoms with Gasteiger partial charge in [0.05, 0.1) is 23.4 Å². The number of hydrogen-bond acceptors (Lipinski definition) is 10. The Balaban J connectivity index is 0.00000209. The minimum Gasteiger partial charge on any atom is -0.491 e. The van der Waals surface area contributed by atoms with Crippen molar-refractivity contribution < 1.29 is 18.9 Å². The number of aryl methyl sites for hydroxylation is 1. The maximum absolute atomic E-state index is 12.9. The SMILES string of the molecule is C.CCC(C)n1ncn(-c2ccc(N3CCN(c4ccc(OCC5CO[C@@](Cn6cncn6)(c6ccc(Cl)cc6Cl)O5)cc4)CC3)c(C)c2)c1=O.F.N. The highest BCUT2D eigenvalue weighted by Crippen LogP contribution is 2.40. The Bertz CT molecular complexity index is 1990. The lowest BCUT2D eigenvalue weighted by Crippen LogP contribution is -2.46. The third-order valence-corrected chi connectivity index (χ3v) is 10.0. The van der Waals surface area contributed by atoms with Crippen molar-refractivity contribution in [1.29, 1.82) is 0 Å². The Morgan fingerprint density at radius 3 is 2.34 bits per heavy atom. The highest BCUT2D eigenvalue weighted by atomic mass is 35.5. The molecule has 2 aliphatic heterocycles. The summed E-state index contributed by atoms with van der Waals surface area (Å²) in [5, 5.41) is 9.54. The Morgan fingerprint density at radius 2 is 1.68 bits per heavy atom. The molecule has 0 radical (unpaired) electrons. The van der Waals surface area contributed by atoms with Gasteiger partial charge in [-0.15, -0.1) is 0 Å². The van der Waals surface area contributed by atoms with Crippen LogP contribution in [0.3, 0.4) is 0 Å². The number of halogens is 3. The lowest BCUT2D eigenvalue weighted by molar-refractivity contribution is -0.190. The normalized spacial score (nSPS) is 18.8. The van der Waals surface area contributed by atoms with Crippen LogP contribution in [-0.4, -0.2) is 74.6 Å². The molecule has 7 rings (SSSR count). The van der Waals surface area contributed by atoms with E-state index in [2.05, 4.69) is 63.1 Å². The summed E-state index contributed by atoms with van der Waals surface area (Å²) in [4.78, 5) is 21.8. The second-order valence-corrected chi connectivity index (χ2v) is 13.6. The van der Waals surface area contributed by atoms with E-state index >= 15 is 0 Å². The molecule has 5 aromatic rings. The molecule has 0 aliphatic carbocycles. The zero-order valence-electron chi connectivity index (χ0n) is 29.4. The van der Waals surface area contributed by atoms with E-state index < -0.39 is 5.79 Å². The predicted molar refractivity (Wildman–Crippen MR) is 207 cm³/mol. The van der Waals surface area contributed by atoms with Crippen molar-refractivity contribution >= 4 is 34.6 Å². The molecule has 2 unspecified atom stereocenters. The third kappa shape index (κ3) is 8.68. The van der Waals surface area contributed by atoms with E-state index in [4.69, 9.17) is 37.4 Å². The molecule has 53 heavy (non-hydrogen) atoms. The van der Waals surface area contributed by atoms with Crippen LogP contribution in [0.4, 0.5) is 16.1 Å². The molecule has 2 aliphatic rings. The molecule has 16 heteroatoms. The molecule has 2 fully saturated rings. The quantitative estimate of drug-likeness (QED) is 0.152. The van der Waals surface area contributed by atoms with Crippen molar-refractivity contribution in [2.24, 2.45) is 0 Å². The van der Waals surface area contributed by atoms with E-state index in [-0.39, 0.29) is 42.7 Å². The molecule has 2 aromatic heterocycles. The predicted octanol–water partition coefficient (Wildman–Crippen LogP) is 6.84. The van der Waals surface area contributed by atoms with Crippen LogP contribution in [0.1, 0.15) is 44.9 Å². The van der Waals surface area contributed by atoms with Gasteiger partial charge in [-0.2, -0.15) is 10.2 Å². The van der Waals surface area contributed by atoms with Gasteiger partial charge in [0.15, 0.2) is 0 Å². The van der Waals surface area contributed by atoms with E-state index in [1.54, 1.807) is 38.7 Å². The Hall–Kier alpha value is -4.47. The monoisotopic (exact) mass is 771 g/mol. The fraction of sp³-hybridized carbons (Fsp3) is 0.405. The molecule has 3 N–H and O–H groups in total. The fourth-order valence-corrected chi connectivity index (χ4v) is 7.10. The molecular weight excluding hydrogens is 724 g/mol. The summed E-state index contributed by atoms with van der Waals surface area (Å²) in [6, 6.07) is 19.7. The summed E-state index contributed by atoms with van der Waals surface area (Å²) in [5.74, 6) is -0.411. The summed E-state index contributed by atoms with van der Waals surface area (Å²) in [6.45, 7) is 10.6. The maximum Gasteiger partial charge on any atom is 0.350 e. The number of aromatic nitrogens is 6. The highest BCUT2D eigenvalue weighted by molar-refractivity contribution is 6.35. The largest absolute Gasteiger partial charge is 0.491 e. The standard InChI is InChI=1S/C36H40Cl2N8O4.CH4.FH.H3N/c1-4-26(3)46-35(47)45(24-41-46)29-8-12-34(25(2)17-29)43-15-13-42(14-16-43)28-6-9-30(10-7-28)48-19-31-20-49-36(50-31,21-44-23-39-22-40-44)32-11-5-27(37)18-33(32)38;;;/h5-12,17-18,22-24,26,31H,4,13-16,19-21H2,1-3H3;1H4;1H;1H3/t26?,31?,36-;;;/m1.../s1. The van der Waals surface area contributed by atoms with Crippen molar-refractivity contribution in [1.82, 2.24) is 35.3 Å². The van der Waals surface area contributed by atoms with E-state index in [1.165, 1.54) is 12.0 Å². The van der Waals surface area contributed by atoms with E-state index in [1.807, 2.05) is 31.2 Å². The first-order valence-electron chi connectivity index (χ1n) is 16.8. The molecule has 3 aromatic carbocycles. The lowest BCUT2D eigenvalue weighted by Gasteiger charge is -2.38. The minimum atomic E-state index is -1.16. The van der Waals surface area contributed by atoms with Crippen LogP contribution in [0.5, 0.6) is 5.75 Å². The van der Waals surface area contributed by atoms with Crippen LogP contribution < -0.4 is 26.4 Å². The van der Waals surface area contributed by atoms with E-state index in [0.29, 0.717) is 28.8 Å². The summed E-state index contributed by atoms with van der Waals surface area (Å²) in [6.07, 6.45) is 5.20. The molecule has 13 nitrogen and oxygen atoms in total. The number of ether oxygens (including phenoxy) is 3. The van der Waals surface area contributed by atoms with Gasteiger partial charge in [-0.3, -0.25) is 4.70 Å².